The van der Waals surface area contributed by atoms with Crippen LogP contribution in [0.4, 0.5) is 17.1 Å². The predicted octanol–water partition coefficient (Wildman–Crippen LogP) is 15.3. The second-order valence-electron chi connectivity index (χ2n) is 13.7. The van der Waals surface area contributed by atoms with Crippen LogP contribution in [0.25, 0.3) is 75.5 Å². The van der Waals surface area contributed by atoms with Crippen molar-refractivity contribution in [2.45, 2.75) is 0 Å². The minimum atomic E-state index is 1.10. The van der Waals surface area contributed by atoms with Crippen LogP contribution < -0.4 is 4.90 Å². The van der Waals surface area contributed by atoms with E-state index in [0.29, 0.717) is 0 Å². The number of rotatable bonds is 7. The molecule has 0 spiro atoms. The lowest BCUT2D eigenvalue weighted by molar-refractivity contribution is 1.28. The van der Waals surface area contributed by atoms with Crippen LogP contribution in [0, 0.1) is 0 Å². The Kier molecular flexibility index (Phi) is 8.09. The van der Waals surface area contributed by atoms with E-state index in [4.69, 9.17) is 0 Å². The molecule has 2 heteroatoms. The van der Waals surface area contributed by atoms with Crippen molar-refractivity contribution in [2.75, 3.05) is 4.90 Å². The second kappa shape index (κ2) is 13.7. The minimum absolute atomic E-state index is 1.10. The minimum Gasteiger partial charge on any atom is -0.310 e. The summed E-state index contributed by atoms with van der Waals surface area (Å²) in [6.07, 6.45) is 0. The predicted molar refractivity (Wildman–Crippen MR) is 233 cm³/mol. The first-order chi connectivity index (χ1) is 26.8. The Morgan fingerprint density at radius 2 is 0.796 bits per heavy atom. The van der Waals surface area contributed by atoms with Gasteiger partial charge in [-0.2, -0.15) is 0 Å². The van der Waals surface area contributed by atoms with E-state index in [9.17, 15) is 0 Å². The summed E-state index contributed by atoms with van der Waals surface area (Å²) in [7, 11) is 0. The normalized spacial score (nSPS) is 11.3. The van der Waals surface area contributed by atoms with E-state index in [0.717, 1.165) is 17.1 Å². The van der Waals surface area contributed by atoms with Gasteiger partial charge in [0.15, 0.2) is 0 Å². The van der Waals surface area contributed by atoms with Crippen molar-refractivity contribution < 1.29 is 0 Å². The molecule has 0 amide bonds. The monoisotopic (exact) mass is 705 g/mol. The molecule has 0 bridgehead atoms. The summed E-state index contributed by atoms with van der Waals surface area (Å²) in [6.45, 7) is 0. The molecule has 10 aromatic rings. The van der Waals surface area contributed by atoms with Crippen LogP contribution in [0.2, 0.25) is 0 Å². The van der Waals surface area contributed by atoms with Crippen LogP contribution in [-0.4, -0.2) is 0 Å². The number of thiophene rings is 1. The molecular formula is C52H35NS. The number of hydrogen-bond donors (Lipinski definition) is 0. The van der Waals surface area contributed by atoms with Crippen molar-refractivity contribution in [3.63, 3.8) is 0 Å². The Morgan fingerprint density at radius 3 is 1.46 bits per heavy atom. The smallest absolute Gasteiger partial charge is 0.0540 e. The van der Waals surface area contributed by atoms with E-state index in [1.165, 1.54) is 75.5 Å². The van der Waals surface area contributed by atoms with Gasteiger partial charge in [-0.1, -0.05) is 164 Å². The molecule has 1 heterocycles. The summed E-state index contributed by atoms with van der Waals surface area (Å²) in [5, 5.41) is 5.26. The van der Waals surface area contributed by atoms with E-state index in [1.807, 2.05) is 11.3 Å². The van der Waals surface area contributed by atoms with Crippen molar-refractivity contribution in [3.05, 3.63) is 212 Å². The lowest BCUT2D eigenvalue weighted by Gasteiger charge is -2.28. The summed E-state index contributed by atoms with van der Waals surface area (Å²) < 4.78 is 2.67. The van der Waals surface area contributed by atoms with Crippen LogP contribution in [0.3, 0.4) is 0 Å². The molecule has 1 nitrogen and oxygen atoms in total. The highest BCUT2D eigenvalue weighted by Crippen LogP contribution is 2.43. The van der Waals surface area contributed by atoms with Gasteiger partial charge in [-0.25, -0.2) is 0 Å². The molecule has 0 N–H and O–H groups in total. The summed E-state index contributed by atoms with van der Waals surface area (Å²) >= 11 is 1.87. The Hall–Kier alpha value is -6.74. The van der Waals surface area contributed by atoms with E-state index < -0.39 is 0 Å². The largest absolute Gasteiger partial charge is 0.310 e. The first-order valence-electron chi connectivity index (χ1n) is 18.4. The van der Waals surface area contributed by atoms with Crippen LogP contribution in [0.1, 0.15) is 0 Å². The zero-order valence-corrected chi connectivity index (χ0v) is 30.4. The van der Waals surface area contributed by atoms with Gasteiger partial charge in [0.05, 0.1) is 5.69 Å². The first kappa shape index (κ1) is 32.0. The van der Waals surface area contributed by atoms with Gasteiger partial charge in [-0.3, -0.25) is 0 Å². The molecule has 0 unspecified atom stereocenters. The van der Waals surface area contributed by atoms with Gasteiger partial charge in [-0.05, 0) is 98.2 Å². The van der Waals surface area contributed by atoms with E-state index in [1.54, 1.807) is 0 Å². The van der Waals surface area contributed by atoms with Gasteiger partial charge < -0.3 is 4.90 Å². The lowest BCUT2D eigenvalue weighted by Crippen LogP contribution is -2.11. The van der Waals surface area contributed by atoms with Crippen LogP contribution in [0.15, 0.2) is 212 Å². The van der Waals surface area contributed by atoms with Crippen molar-refractivity contribution in [1.29, 1.82) is 0 Å². The van der Waals surface area contributed by atoms with Crippen molar-refractivity contribution >= 4 is 59.3 Å². The lowest BCUT2D eigenvalue weighted by atomic mass is 9.97. The highest BCUT2D eigenvalue weighted by atomic mass is 32.1. The molecule has 0 radical (unpaired) electrons. The van der Waals surface area contributed by atoms with Gasteiger partial charge in [0, 0.05) is 37.1 Å². The number of benzene rings is 9. The molecule has 0 aliphatic heterocycles. The second-order valence-corrected chi connectivity index (χ2v) is 14.8. The molecule has 0 saturated carbocycles. The summed E-state index contributed by atoms with van der Waals surface area (Å²) in [4.78, 5) is 2.38. The first-order valence-corrected chi connectivity index (χ1v) is 19.2. The maximum absolute atomic E-state index is 2.38. The zero-order chi connectivity index (χ0) is 35.8. The van der Waals surface area contributed by atoms with Gasteiger partial charge in [0.25, 0.3) is 0 Å². The highest BCUT2D eigenvalue weighted by Gasteiger charge is 2.18. The van der Waals surface area contributed by atoms with Crippen LogP contribution in [0.5, 0.6) is 0 Å². The fraction of sp³-hybridized carbons (Fsp3) is 0. The Morgan fingerprint density at radius 1 is 0.315 bits per heavy atom. The van der Waals surface area contributed by atoms with Crippen LogP contribution >= 0.6 is 11.3 Å². The van der Waals surface area contributed by atoms with Crippen molar-refractivity contribution in [3.8, 4) is 44.5 Å². The molecule has 10 rings (SSSR count). The topological polar surface area (TPSA) is 3.24 Å². The third-order valence-electron chi connectivity index (χ3n) is 10.5. The average molecular weight is 706 g/mol. The fourth-order valence-corrected chi connectivity index (χ4v) is 8.89. The number of fused-ring (bicyclic) bond motifs is 5. The van der Waals surface area contributed by atoms with Gasteiger partial charge in [0.1, 0.15) is 0 Å². The Labute approximate surface area is 319 Å². The summed E-state index contributed by atoms with van der Waals surface area (Å²) in [6, 6.07) is 77.0. The van der Waals surface area contributed by atoms with Gasteiger partial charge in [-0.15, -0.1) is 11.3 Å². The third-order valence-corrected chi connectivity index (χ3v) is 11.6. The Balaban J connectivity index is 1.04. The zero-order valence-electron chi connectivity index (χ0n) is 29.6. The number of para-hydroxylation sites is 1. The standard InChI is InChI=1S/C52H35NS/c1-3-11-36(12-4-1)37-19-21-38(22-20-37)39-25-30-44(31-26-39)53(49-17-9-7-15-46(49)41-13-5-2-6-14-41)45-32-27-40(28-33-45)43-24-23-42-29-34-51-52(48(42)35-43)47-16-8-10-18-50(47)54-51/h1-35H. The molecule has 0 aliphatic carbocycles. The molecular weight excluding hydrogens is 671 g/mol. The molecule has 0 atom stereocenters. The maximum Gasteiger partial charge on any atom is 0.0540 e. The van der Waals surface area contributed by atoms with Crippen molar-refractivity contribution in [2.24, 2.45) is 0 Å². The quantitative estimate of drug-likeness (QED) is 0.160. The van der Waals surface area contributed by atoms with E-state index in [-0.39, 0.29) is 0 Å². The van der Waals surface area contributed by atoms with E-state index in [2.05, 4.69) is 217 Å². The number of anilines is 3. The van der Waals surface area contributed by atoms with Crippen LogP contribution in [-0.2, 0) is 0 Å². The van der Waals surface area contributed by atoms with E-state index >= 15 is 0 Å². The number of nitrogens with zero attached hydrogens (tertiary/aromatic N) is 1. The fourth-order valence-electron chi connectivity index (χ4n) is 7.77. The molecule has 0 aliphatic rings. The summed E-state index contributed by atoms with van der Waals surface area (Å²) in [5.74, 6) is 0. The van der Waals surface area contributed by atoms with Crippen molar-refractivity contribution in [1.82, 2.24) is 0 Å². The molecule has 0 saturated heterocycles. The maximum atomic E-state index is 2.38. The van der Waals surface area contributed by atoms with Gasteiger partial charge in [0.2, 0.25) is 0 Å². The molecule has 1 aromatic heterocycles. The molecule has 0 fully saturated rings. The SMILES string of the molecule is c1ccc(-c2ccc(-c3ccc(N(c4ccc(-c5ccc6ccc7sc8ccccc8c7c6c5)cc4)c4ccccc4-c4ccccc4)cc3)cc2)cc1. The molecule has 254 valence electrons. The molecule has 9 aromatic carbocycles. The molecule has 54 heavy (non-hydrogen) atoms. The Bertz CT molecular complexity index is 2890. The third kappa shape index (κ3) is 5.84. The summed E-state index contributed by atoms with van der Waals surface area (Å²) in [5.41, 5.74) is 13.0. The number of hydrogen-bond acceptors (Lipinski definition) is 2. The van der Waals surface area contributed by atoms with Gasteiger partial charge >= 0.3 is 0 Å². The highest BCUT2D eigenvalue weighted by molar-refractivity contribution is 7.26. The average Bonchev–Trinajstić information content (AvgIpc) is 3.64.